The Morgan fingerprint density at radius 2 is 1.89 bits per heavy atom. The van der Waals surface area contributed by atoms with Crippen LogP contribution in [-0.2, 0) is 28.8 Å². The first kappa shape index (κ1) is 15.6. The van der Waals surface area contributed by atoms with Crippen LogP contribution in [0.4, 0.5) is 0 Å². The minimum Gasteiger partial charge on any atom is -0.379 e. The Labute approximate surface area is 109 Å². The van der Waals surface area contributed by atoms with E-state index in [1.54, 1.807) is 0 Å². The summed E-state index contributed by atoms with van der Waals surface area (Å²) in [6, 6.07) is 0. The third-order valence-corrected chi connectivity index (χ3v) is 1.87. The second-order valence-electron chi connectivity index (χ2n) is 3.28. The second-order valence-corrected chi connectivity index (χ2v) is 3.28. The molecule has 0 aromatic rings. The number of azide groups is 1. The van der Waals surface area contributed by atoms with Gasteiger partial charge < -0.3 is 14.3 Å². The molecule has 0 aromatic carbocycles. The molecule has 108 valence electrons. The number of ether oxygens (including phenoxy) is 2. The minimum atomic E-state index is -0.508. The molecule has 0 radical (unpaired) electrons. The van der Waals surface area contributed by atoms with Gasteiger partial charge in [0.2, 0.25) is 0 Å². The highest BCUT2D eigenvalue weighted by Gasteiger charge is 2.18. The van der Waals surface area contributed by atoms with Crippen molar-refractivity contribution in [1.29, 1.82) is 0 Å². The van der Waals surface area contributed by atoms with E-state index in [2.05, 4.69) is 14.9 Å². The molecule has 1 fully saturated rings. The predicted octanol–water partition coefficient (Wildman–Crippen LogP) is 0.357. The summed E-state index contributed by atoms with van der Waals surface area (Å²) in [6.07, 6.45) is 0.0853. The van der Waals surface area contributed by atoms with Crippen LogP contribution in [0.15, 0.2) is 5.11 Å². The van der Waals surface area contributed by atoms with Crippen LogP contribution in [0.2, 0.25) is 0 Å². The molecule has 0 amide bonds. The van der Waals surface area contributed by atoms with Crippen LogP contribution in [0, 0.1) is 0 Å². The summed E-state index contributed by atoms with van der Waals surface area (Å²) in [6.45, 7) is 2.28. The molecule has 0 N–H and O–H groups in total. The highest BCUT2D eigenvalue weighted by molar-refractivity contribution is 5.68. The van der Waals surface area contributed by atoms with Gasteiger partial charge in [0.25, 0.3) is 0 Å². The predicted molar refractivity (Wildman–Crippen MR) is 60.1 cm³/mol. The Bertz CT molecular complexity index is 303. The topological polar surface area (TPSA) is 115 Å². The van der Waals surface area contributed by atoms with E-state index in [1.165, 1.54) is 0 Å². The van der Waals surface area contributed by atoms with E-state index in [9.17, 15) is 4.79 Å². The van der Waals surface area contributed by atoms with Crippen molar-refractivity contribution < 1.29 is 28.8 Å². The van der Waals surface area contributed by atoms with Gasteiger partial charge in [-0.15, -0.1) is 0 Å². The molecule has 0 atom stereocenters. The van der Waals surface area contributed by atoms with Crippen molar-refractivity contribution in [1.82, 2.24) is 5.39 Å². The number of nitrogens with zero attached hydrogens (tertiary/aromatic N) is 4. The number of rotatable bonds is 10. The first-order valence-corrected chi connectivity index (χ1v) is 5.76. The molecule has 0 aromatic heterocycles. The van der Waals surface area contributed by atoms with Crippen LogP contribution in [0.5, 0.6) is 0 Å². The molecule has 1 heterocycles. The van der Waals surface area contributed by atoms with Crippen molar-refractivity contribution in [2.45, 2.75) is 6.42 Å². The molecule has 10 heteroatoms. The van der Waals surface area contributed by atoms with E-state index in [-0.39, 0.29) is 13.0 Å². The van der Waals surface area contributed by atoms with Crippen LogP contribution >= 0.6 is 0 Å². The van der Waals surface area contributed by atoms with E-state index in [4.69, 9.17) is 24.7 Å². The van der Waals surface area contributed by atoms with Crippen LogP contribution in [0.3, 0.4) is 0 Å². The molecule has 10 nitrogen and oxygen atoms in total. The molecular weight excluding hydrogens is 260 g/mol. The van der Waals surface area contributed by atoms with Crippen molar-refractivity contribution in [2.24, 2.45) is 5.11 Å². The van der Waals surface area contributed by atoms with E-state index >= 15 is 0 Å². The van der Waals surface area contributed by atoms with Gasteiger partial charge in [-0.2, -0.15) is 0 Å². The number of carbonyl (C=O) groups is 1. The van der Waals surface area contributed by atoms with Gasteiger partial charge in [-0.25, -0.2) is 9.68 Å². The molecule has 0 aliphatic carbocycles. The molecule has 19 heavy (non-hydrogen) atoms. The average Bonchev–Trinajstić information content (AvgIpc) is 2.89. The van der Waals surface area contributed by atoms with Crippen molar-refractivity contribution in [3.05, 3.63) is 10.4 Å². The quantitative estimate of drug-likeness (QED) is 0.245. The summed E-state index contributed by atoms with van der Waals surface area (Å²) in [5, 5.41) is 4.00. The van der Waals surface area contributed by atoms with Crippen molar-refractivity contribution in [2.75, 3.05) is 46.2 Å². The summed E-state index contributed by atoms with van der Waals surface area (Å²) in [7, 11) is 0. The molecule has 0 bridgehead atoms. The zero-order valence-electron chi connectivity index (χ0n) is 10.4. The second kappa shape index (κ2) is 10.5. The molecule has 0 spiro atoms. The Morgan fingerprint density at radius 1 is 1.21 bits per heavy atom. The first-order valence-electron chi connectivity index (χ1n) is 5.76. The molecule has 0 unspecified atom stereocenters. The molecule has 1 saturated heterocycles. The van der Waals surface area contributed by atoms with Gasteiger partial charge in [0.15, 0.2) is 0 Å². The van der Waals surface area contributed by atoms with Gasteiger partial charge in [-0.3, -0.25) is 4.79 Å². The number of carbonyl (C=O) groups excluding carboxylic acids is 1. The van der Waals surface area contributed by atoms with Crippen LogP contribution in [0.25, 0.3) is 10.4 Å². The third kappa shape index (κ3) is 8.32. The minimum absolute atomic E-state index is 0.0853. The SMILES string of the molecule is [N-]=[N+]=NCCOCCOCCC(=O)ON1OCCO1. The van der Waals surface area contributed by atoms with E-state index in [1.807, 2.05) is 0 Å². The largest absolute Gasteiger partial charge is 0.379 e. The van der Waals surface area contributed by atoms with Crippen molar-refractivity contribution in [3.63, 3.8) is 0 Å². The maximum Gasteiger partial charge on any atom is 0.333 e. The fraction of sp³-hybridized carbons (Fsp3) is 0.889. The lowest BCUT2D eigenvalue weighted by molar-refractivity contribution is -0.460. The summed E-state index contributed by atoms with van der Waals surface area (Å²) in [5.41, 5.74) is 8.01. The molecule has 1 aliphatic heterocycles. The molecular formula is C9H16N4O6. The fourth-order valence-electron chi connectivity index (χ4n) is 1.07. The Balaban J connectivity index is 1.84. The standard InChI is InChI=1S/C9H16N4O6/c10-12-11-2-4-16-6-5-15-3-1-9(14)19-13-17-7-8-18-13/h1-8H2. The Kier molecular flexibility index (Phi) is 8.64. The van der Waals surface area contributed by atoms with E-state index in [0.717, 1.165) is 0 Å². The van der Waals surface area contributed by atoms with Crippen LogP contribution in [0.1, 0.15) is 6.42 Å². The zero-order valence-corrected chi connectivity index (χ0v) is 10.4. The monoisotopic (exact) mass is 276 g/mol. The van der Waals surface area contributed by atoms with E-state index < -0.39 is 5.97 Å². The summed E-state index contributed by atoms with van der Waals surface area (Å²) < 4.78 is 10.2. The fourth-order valence-corrected chi connectivity index (χ4v) is 1.07. The van der Waals surface area contributed by atoms with Gasteiger partial charge in [0.1, 0.15) is 18.6 Å². The number of hydrogen-bond acceptors (Lipinski definition) is 8. The lowest BCUT2D eigenvalue weighted by atomic mass is 10.5. The van der Waals surface area contributed by atoms with Gasteiger partial charge in [-0.05, 0) is 5.53 Å². The molecule has 1 rings (SSSR count). The average molecular weight is 276 g/mol. The van der Waals surface area contributed by atoms with Crippen molar-refractivity contribution >= 4 is 5.97 Å². The van der Waals surface area contributed by atoms with Gasteiger partial charge in [-0.1, -0.05) is 5.11 Å². The van der Waals surface area contributed by atoms with Gasteiger partial charge in [0.05, 0.1) is 32.8 Å². The lowest BCUT2D eigenvalue weighted by Gasteiger charge is -2.10. The molecule has 0 saturated carbocycles. The molecule has 1 aliphatic rings. The van der Waals surface area contributed by atoms with Gasteiger partial charge >= 0.3 is 5.97 Å². The normalized spacial score (nSPS) is 15.2. The highest BCUT2D eigenvalue weighted by atomic mass is 17.2. The maximum absolute atomic E-state index is 11.2. The van der Waals surface area contributed by atoms with E-state index in [0.29, 0.717) is 45.0 Å². The summed E-state index contributed by atoms with van der Waals surface area (Å²) >= 11 is 0. The smallest absolute Gasteiger partial charge is 0.333 e. The van der Waals surface area contributed by atoms with Crippen LogP contribution in [-0.4, -0.2) is 57.5 Å². The lowest BCUT2D eigenvalue weighted by Crippen LogP contribution is -2.22. The zero-order chi connectivity index (χ0) is 13.8. The van der Waals surface area contributed by atoms with Gasteiger partial charge in [0, 0.05) is 11.5 Å². The Morgan fingerprint density at radius 3 is 2.58 bits per heavy atom. The maximum atomic E-state index is 11.2. The number of hydrogen-bond donors (Lipinski definition) is 0. The first-order chi connectivity index (χ1) is 9.33. The highest BCUT2D eigenvalue weighted by Crippen LogP contribution is 2.03. The van der Waals surface area contributed by atoms with Crippen molar-refractivity contribution in [3.8, 4) is 0 Å². The van der Waals surface area contributed by atoms with Crippen LogP contribution < -0.4 is 0 Å². The summed E-state index contributed by atoms with van der Waals surface area (Å²) in [5.74, 6) is -0.508. The third-order valence-electron chi connectivity index (χ3n) is 1.87. The Hall–Kier alpha value is -1.42. The summed E-state index contributed by atoms with van der Waals surface area (Å²) in [4.78, 5) is 28.1.